The summed E-state index contributed by atoms with van der Waals surface area (Å²) in [6, 6.07) is 9.16. The summed E-state index contributed by atoms with van der Waals surface area (Å²) in [5.74, 6) is -1.89. The van der Waals surface area contributed by atoms with Crippen LogP contribution in [-0.2, 0) is 30.5 Å². The molecule has 1 fully saturated rings. The van der Waals surface area contributed by atoms with E-state index in [1.165, 1.54) is 28.6 Å². The number of rotatable bonds is 6. The molecule has 0 saturated carbocycles. The topological polar surface area (TPSA) is 102 Å². The van der Waals surface area contributed by atoms with Crippen LogP contribution in [0.3, 0.4) is 0 Å². The third-order valence-corrected chi connectivity index (χ3v) is 6.38. The lowest BCUT2D eigenvalue weighted by molar-refractivity contribution is -0.137. The predicted octanol–water partition coefficient (Wildman–Crippen LogP) is 2.52. The van der Waals surface area contributed by atoms with Gasteiger partial charge < -0.3 is 14.8 Å². The normalized spacial score (nSPS) is 15.2. The van der Waals surface area contributed by atoms with E-state index in [-0.39, 0.29) is 42.4 Å². The van der Waals surface area contributed by atoms with Gasteiger partial charge in [0.15, 0.2) is 6.61 Å². The maximum absolute atomic E-state index is 12.8. The number of anilines is 1. The largest absolute Gasteiger partial charge is 0.452 e. The first-order chi connectivity index (χ1) is 15.1. The minimum Gasteiger partial charge on any atom is -0.452 e. The molecule has 12 heteroatoms. The van der Waals surface area contributed by atoms with Gasteiger partial charge in [-0.25, -0.2) is 13.2 Å². The molecule has 0 bridgehead atoms. The van der Waals surface area contributed by atoms with Crippen LogP contribution < -0.4 is 5.32 Å². The van der Waals surface area contributed by atoms with Crippen LogP contribution in [0.4, 0.5) is 18.9 Å². The van der Waals surface area contributed by atoms with Gasteiger partial charge in [-0.2, -0.15) is 17.5 Å². The zero-order chi connectivity index (χ0) is 23.4. The molecular weight excluding hydrogens is 453 g/mol. The number of nitrogens with one attached hydrogen (secondary N) is 1. The van der Waals surface area contributed by atoms with Gasteiger partial charge in [-0.3, -0.25) is 4.79 Å². The zero-order valence-corrected chi connectivity index (χ0v) is 17.4. The first-order valence-corrected chi connectivity index (χ1v) is 10.8. The highest BCUT2D eigenvalue weighted by molar-refractivity contribution is 7.89. The molecule has 3 rings (SSSR count). The van der Waals surface area contributed by atoms with E-state index < -0.39 is 40.2 Å². The summed E-state index contributed by atoms with van der Waals surface area (Å²) in [5.41, 5.74) is -1.22. The van der Waals surface area contributed by atoms with Gasteiger partial charge in [0.05, 0.1) is 29.2 Å². The summed E-state index contributed by atoms with van der Waals surface area (Å²) in [6.45, 7) is 0.226. The number of halogens is 3. The summed E-state index contributed by atoms with van der Waals surface area (Å²) in [6.07, 6.45) is -4.62. The Morgan fingerprint density at radius 2 is 1.75 bits per heavy atom. The van der Waals surface area contributed by atoms with Crippen molar-refractivity contribution in [1.29, 1.82) is 0 Å². The van der Waals surface area contributed by atoms with Crippen LogP contribution in [0.15, 0.2) is 53.4 Å². The molecule has 0 atom stereocenters. The molecule has 0 aromatic heterocycles. The second kappa shape index (κ2) is 9.67. The number of carbonyl (C=O) groups is 2. The van der Waals surface area contributed by atoms with Crippen LogP contribution >= 0.6 is 0 Å². The van der Waals surface area contributed by atoms with Gasteiger partial charge in [0, 0.05) is 18.8 Å². The Hall–Kier alpha value is -2.96. The summed E-state index contributed by atoms with van der Waals surface area (Å²) >= 11 is 0. The van der Waals surface area contributed by atoms with Crippen molar-refractivity contribution >= 4 is 27.6 Å². The number of nitrogens with zero attached hydrogens (tertiary/aromatic N) is 1. The van der Waals surface area contributed by atoms with Crippen LogP contribution in [0.2, 0.25) is 0 Å². The highest BCUT2D eigenvalue weighted by atomic mass is 32.2. The van der Waals surface area contributed by atoms with Crippen molar-refractivity contribution < 1.29 is 40.7 Å². The van der Waals surface area contributed by atoms with Crippen LogP contribution in [0, 0.1) is 0 Å². The molecule has 1 aliphatic heterocycles. The Morgan fingerprint density at radius 1 is 1.06 bits per heavy atom. The molecule has 1 heterocycles. The number of alkyl halides is 3. The van der Waals surface area contributed by atoms with Gasteiger partial charge in [0.25, 0.3) is 5.91 Å². The number of benzene rings is 2. The molecule has 1 amide bonds. The lowest BCUT2D eigenvalue weighted by Crippen LogP contribution is -2.40. The van der Waals surface area contributed by atoms with Crippen molar-refractivity contribution in [1.82, 2.24) is 4.31 Å². The van der Waals surface area contributed by atoms with E-state index in [9.17, 15) is 31.2 Å². The van der Waals surface area contributed by atoms with E-state index >= 15 is 0 Å². The first-order valence-electron chi connectivity index (χ1n) is 9.39. The molecule has 0 aliphatic carbocycles. The minimum atomic E-state index is -4.62. The van der Waals surface area contributed by atoms with Crippen molar-refractivity contribution in [2.45, 2.75) is 11.1 Å². The van der Waals surface area contributed by atoms with Crippen molar-refractivity contribution in [3.05, 3.63) is 59.7 Å². The zero-order valence-electron chi connectivity index (χ0n) is 16.6. The predicted molar refractivity (Wildman–Crippen MR) is 106 cm³/mol. The van der Waals surface area contributed by atoms with Gasteiger partial charge in [-0.15, -0.1) is 0 Å². The molecule has 0 radical (unpaired) electrons. The van der Waals surface area contributed by atoms with E-state index in [4.69, 9.17) is 9.47 Å². The molecule has 0 unspecified atom stereocenters. The maximum atomic E-state index is 12.8. The summed E-state index contributed by atoms with van der Waals surface area (Å²) in [7, 11) is -3.77. The van der Waals surface area contributed by atoms with E-state index in [0.29, 0.717) is 6.07 Å². The summed E-state index contributed by atoms with van der Waals surface area (Å²) in [4.78, 5) is 24.0. The summed E-state index contributed by atoms with van der Waals surface area (Å²) < 4.78 is 74.9. The number of ether oxygens (including phenoxy) is 2. The smallest absolute Gasteiger partial charge is 0.416 e. The Balaban J connectivity index is 1.61. The van der Waals surface area contributed by atoms with Crippen LogP contribution in [-0.4, -0.2) is 57.5 Å². The number of hydrogen-bond acceptors (Lipinski definition) is 6. The Labute approximate surface area is 182 Å². The van der Waals surface area contributed by atoms with Gasteiger partial charge in [0.2, 0.25) is 10.0 Å². The first kappa shape index (κ1) is 23.7. The molecule has 2 aromatic rings. The van der Waals surface area contributed by atoms with Crippen molar-refractivity contribution in [2.24, 2.45) is 0 Å². The van der Waals surface area contributed by atoms with Crippen molar-refractivity contribution in [3.63, 3.8) is 0 Å². The van der Waals surface area contributed by atoms with E-state index in [1.54, 1.807) is 0 Å². The molecule has 1 aliphatic rings. The fraction of sp³-hybridized carbons (Fsp3) is 0.300. The summed E-state index contributed by atoms with van der Waals surface area (Å²) in [5, 5.41) is 2.40. The van der Waals surface area contributed by atoms with Crippen molar-refractivity contribution in [2.75, 3.05) is 38.2 Å². The highest BCUT2D eigenvalue weighted by Crippen LogP contribution is 2.29. The minimum absolute atomic E-state index is 0.0295. The molecule has 8 nitrogen and oxygen atoms in total. The highest BCUT2D eigenvalue weighted by Gasteiger charge is 2.31. The average Bonchev–Trinajstić information content (AvgIpc) is 2.78. The van der Waals surface area contributed by atoms with Crippen molar-refractivity contribution in [3.8, 4) is 0 Å². The third-order valence-electron chi connectivity index (χ3n) is 4.49. The molecule has 1 N–H and O–H groups in total. The standard InChI is InChI=1S/C20H19F3N2O6S/c21-20(22,23)15-4-1-3-14(11-15)19(27)31-13-18(26)24-16-5-2-6-17(12-16)32(28,29)25-7-9-30-10-8-25/h1-6,11-12H,7-10,13H2,(H,24,26). The number of amides is 1. The van der Waals surface area contributed by atoms with Gasteiger partial charge in [-0.1, -0.05) is 12.1 Å². The second-order valence-electron chi connectivity index (χ2n) is 6.75. The molecule has 172 valence electrons. The fourth-order valence-electron chi connectivity index (χ4n) is 2.90. The number of carbonyl (C=O) groups excluding carboxylic acids is 2. The van der Waals surface area contributed by atoms with Gasteiger partial charge in [0.1, 0.15) is 0 Å². The Bertz CT molecular complexity index is 1100. The molecule has 32 heavy (non-hydrogen) atoms. The molecule has 1 saturated heterocycles. The second-order valence-corrected chi connectivity index (χ2v) is 8.69. The fourth-order valence-corrected chi connectivity index (χ4v) is 4.36. The average molecular weight is 472 g/mol. The van der Waals surface area contributed by atoms with Crippen LogP contribution in [0.25, 0.3) is 0 Å². The number of esters is 1. The molecular formula is C20H19F3N2O6S. The number of hydrogen-bond donors (Lipinski definition) is 1. The van der Waals surface area contributed by atoms with Gasteiger partial charge in [-0.05, 0) is 36.4 Å². The van der Waals surface area contributed by atoms with E-state index in [0.717, 1.165) is 18.2 Å². The maximum Gasteiger partial charge on any atom is 0.416 e. The quantitative estimate of drug-likeness (QED) is 0.649. The lowest BCUT2D eigenvalue weighted by atomic mass is 10.1. The molecule has 0 spiro atoms. The van der Waals surface area contributed by atoms with Crippen LogP contribution in [0.1, 0.15) is 15.9 Å². The van der Waals surface area contributed by atoms with E-state index in [1.807, 2.05) is 0 Å². The number of sulfonamides is 1. The van der Waals surface area contributed by atoms with Gasteiger partial charge >= 0.3 is 12.1 Å². The lowest BCUT2D eigenvalue weighted by Gasteiger charge is -2.26. The Morgan fingerprint density at radius 3 is 2.44 bits per heavy atom. The third kappa shape index (κ3) is 5.84. The van der Waals surface area contributed by atoms with Crippen LogP contribution in [0.5, 0.6) is 0 Å². The van der Waals surface area contributed by atoms with E-state index in [2.05, 4.69) is 5.32 Å². The Kier molecular flexibility index (Phi) is 7.16. The SMILES string of the molecule is O=C(COC(=O)c1cccc(C(F)(F)F)c1)Nc1cccc(S(=O)(=O)N2CCOCC2)c1. The monoisotopic (exact) mass is 472 g/mol. The molecule has 2 aromatic carbocycles. The number of morpholine rings is 1.